The van der Waals surface area contributed by atoms with Gasteiger partial charge in [0.15, 0.2) is 0 Å². The summed E-state index contributed by atoms with van der Waals surface area (Å²) in [5.41, 5.74) is 0. The standard InChI is InChI=1S/C8H14N2S/c1-7-5-10(4-3-9)6-8(2)11-7/h7-8H,4-6H2,1-2H3. The smallest absolute Gasteiger partial charge is 0.0866 e. The van der Waals surface area contributed by atoms with Gasteiger partial charge in [-0.3, -0.25) is 4.90 Å². The highest BCUT2D eigenvalue weighted by Crippen LogP contribution is 2.23. The second kappa shape index (κ2) is 3.99. The van der Waals surface area contributed by atoms with E-state index >= 15 is 0 Å². The highest BCUT2D eigenvalue weighted by molar-refractivity contribution is 8.00. The summed E-state index contributed by atoms with van der Waals surface area (Å²) in [5.74, 6) is 0. The molecule has 3 heteroatoms. The van der Waals surface area contributed by atoms with Crippen LogP contribution in [0.2, 0.25) is 0 Å². The summed E-state index contributed by atoms with van der Waals surface area (Å²) in [5, 5.41) is 9.87. The monoisotopic (exact) mass is 170 g/mol. The average molecular weight is 170 g/mol. The Morgan fingerprint density at radius 3 is 2.45 bits per heavy atom. The normalized spacial score (nSPS) is 33.2. The van der Waals surface area contributed by atoms with Crippen LogP contribution in [0.15, 0.2) is 0 Å². The van der Waals surface area contributed by atoms with Crippen molar-refractivity contribution < 1.29 is 0 Å². The zero-order valence-electron chi connectivity index (χ0n) is 7.08. The highest BCUT2D eigenvalue weighted by atomic mass is 32.2. The Bertz CT molecular complexity index is 154. The van der Waals surface area contributed by atoms with Crippen molar-refractivity contribution in [3.05, 3.63) is 0 Å². The van der Waals surface area contributed by atoms with Gasteiger partial charge in [0.1, 0.15) is 0 Å². The quantitative estimate of drug-likeness (QED) is 0.556. The molecule has 1 heterocycles. The van der Waals surface area contributed by atoms with Crippen LogP contribution < -0.4 is 0 Å². The van der Waals surface area contributed by atoms with Gasteiger partial charge in [-0.1, -0.05) is 13.8 Å². The fraction of sp³-hybridized carbons (Fsp3) is 0.875. The van der Waals surface area contributed by atoms with Crippen molar-refractivity contribution >= 4 is 11.8 Å². The minimum absolute atomic E-state index is 0.592. The van der Waals surface area contributed by atoms with E-state index in [0.29, 0.717) is 17.0 Å². The van der Waals surface area contributed by atoms with Gasteiger partial charge in [-0.15, -0.1) is 0 Å². The Kier molecular flexibility index (Phi) is 3.22. The van der Waals surface area contributed by atoms with Crippen molar-refractivity contribution in [3.8, 4) is 6.07 Å². The first kappa shape index (κ1) is 8.89. The Morgan fingerprint density at radius 2 is 2.00 bits per heavy atom. The second-order valence-electron chi connectivity index (χ2n) is 3.11. The van der Waals surface area contributed by atoms with Crippen molar-refractivity contribution in [3.63, 3.8) is 0 Å². The first-order valence-corrected chi connectivity index (χ1v) is 4.91. The van der Waals surface area contributed by atoms with E-state index < -0.39 is 0 Å². The number of hydrogen-bond donors (Lipinski definition) is 0. The first-order valence-electron chi connectivity index (χ1n) is 3.97. The summed E-state index contributed by atoms with van der Waals surface area (Å²) >= 11 is 2.02. The molecule has 0 N–H and O–H groups in total. The molecule has 62 valence electrons. The van der Waals surface area contributed by atoms with Gasteiger partial charge in [0.2, 0.25) is 0 Å². The number of rotatable bonds is 1. The van der Waals surface area contributed by atoms with Crippen LogP contribution in [0.25, 0.3) is 0 Å². The highest BCUT2D eigenvalue weighted by Gasteiger charge is 2.21. The Labute approximate surface area is 72.6 Å². The molecule has 0 amide bonds. The summed E-state index contributed by atoms with van der Waals surface area (Å²) in [6, 6.07) is 2.20. The Balaban J connectivity index is 2.38. The molecular formula is C8H14N2S. The van der Waals surface area contributed by atoms with Crippen LogP contribution in [0, 0.1) is 11.3 Å². The fourth-order valence-corrected chi connectivity index (χ4v) is 2.90. The fourth-order valence-electron chi connectivity index (χ4n) is 1.51. The number of hydrogen-bond acceptors (Lipinski definition) is 3. The largest absolute Gasteiger partial charge is 0.288 e. The van der Waals surface area contributed by atoms with Crippen LogP contribution in [-0.4, -0.2) is 35.0 Å². The molecule has 0 saturated carbocycles. The maximum atomic E-state index is 8.49. The lowest BCUT2D eigenvalue weighted by Gasteiger charge is -2.32. The van der Waals surface area contributed by atoms with E-state index in [-0.39, 0.29) is 0 Å². The maximum absolute atomic E-state index is 8.49. The van der Waals surface area contributed by atoms with Gasteiger partial charge in [-0.2, -0.15) is 17.0 Å². The van der Waals surface area contributed by atoms with Gasteiger partial charge < -0.3 is 0 Å². The number of nitrogens with zero attached hydrogens (tertiary/aromatic N) is 2. The summed E-state index contributed by atoms with van der Waals surface area (Å²) in [6.45, 7) is 7.19. The molecule has 0 aromatic carbocycles. The minimum atomic E-state index is 0.592. The second-order valence-corrected chi connectivity index (χ2v) is 4.99. The van der Waals surface area contributed by atoms with Crippen molar-refractivity contribution in [1.82, 2.24) is 4.90 Å². The molecule has 0 aromatic rings. The van der Waals surface area contributed by atoms with Crippen molar-refractivity contribution in [2.45, 2.75) is 24.3 Å². The Morgan fingerprint density at radius 1 is 1.45 bits per heavy atom. The first-order chi connectivity index (χ1) is 5.22. The molecule has 1 rings (SSSR count). The van der Waals surface area contributed by atoms with Crippen LogP contribution in [0.3, 0.4) is 0 Å². The molecule has 2 nitrogen and oxygen atoms in total. The minimum Gasteiger partial charge on any atom is -0.288 e. The van der Waals surface area contributed by atoms with Gasteiger partial charge in [-0.05, 0) is 0 Å². The van der Waals surface area contributed by atoms with Gasteiger partial charge in [0.05, 0.1) is 12.6 Å². The summed E-state index contributed by atoms with van der Waals surface area (Å²) in [4.78, 5) is 2.23. The SMILES string of the molecule is CC1CN(CC#N)CC(C)S1. The number of thioether (sulfide) groups is 1. The van der Waals surface area contributed by atoms with Crippen LogP contribution in [0.1, 0.15) is 13.8 Å². The van der Waals surface area contributed by atoms with Gasteiger partial charge >= 0.3 is 0 Å². The number of nitriles is 1. The molecule has 1 saturated heterocycles. The van der Waals surface area contributed by atoms with Crippen molar-refractivity contribution in [2.75, 3.05) is 19.6 Å². The third-order valence-corrected chi connectivity index (χ3v) is 3.02. The molecular weight excluding hydrogens is 156 g/mol. The lowest BCUT2D eigenvalue weighted by atomic mass is 10.3. The van der Waals surface area contributed by atoms with Gasteiger partial charge in [-0.25, -0.2) is 0 Å². The molecule has 0 aromatic heterocycles. The van der Waals surface area contributed by atoms with Crippen LogP contribution in [0.4, 0.5) is 0 Å². The molecule has 0 aliphatic carbocycles. The van der Waals surface area contributed by atoms with Crippen molar-refractivity contribution in [1.29, 1.82) is 5.26 Å². The lowest BCUT2D eigenvalue weighted by Crippen LogP contribution is -2.40. The zero-order chi connectivity index (χ0) is 8.27. The predicted octanol–water partition coefficient (Wildman–Crippen LogP) is 1.34. The predicted molar refractivity (Wildman–Crippen MR) is 48.6 cm³/mol. The third-order valence-electron chi connectivity index (χ3n) is 1.79. The van der Waals surface area contributed by atoms with Crippen LogP contribution in [-0.2, 0) is 0 Å². The molecule has 1 aliphatic rings. The van der Waals surface area contributed by atoms with Crippen molar-refractivity contribution in [2.24, 2.45) is 0 Å². The Hall–Kier alpha value is -0.200. The molecule has 1 aliphatic heterocycles. The molecule has 1 fully saturated rings. The van der Waals surface area contributed by atoms with E-state index in [1.54, 1.807) is 0 Å². The molecule has 0 bridgehead atoms. The van der Waals surface area contributed by atoms with E-state index in [1.807, 2.05) is 11.8 Å². The topological polar surface area (TPSA) is 27.0 Å². The maximum Gasteiger partial charge on any atom is 0.0866 e. The van der Waals surface area contributed by atoms with Crippen LogP contribution in [0.5, 0.6) is 0 Å². The zero-order valence-corrected chi connectivity index (χ0v) is 7.90. The summed E-state index contributed by atoms with van der Waals surface area (Å²) < 4.78 is 0. The molecule has 2 atom stereocenters. The molecule has 0 radical (unpaired) electrons. The molecule has 2 unspecified atom stereocenters. The van der Waals surface area contributed by atoms with Crippen LogP contribution >= 0.6 is 11.8 Å². The average Bonchev–Trinajstić information content (AvgIpc) is 1.85. The molecule has 0 spiro atoms. The third kappa shape index (κ3) is 2.72. The lowest BCUT2D eigenvalue weighted by molar-refractivity contribution is 0.302. The van der Waals surface area contributed by atoms with Gasteiger partial charge in [0.25, 0.3) is 0 Å². The van der Waals surface area contributed by atoms with E-state index in [4.69, 9.17) is 5.26 Å². The van der Waals surface area contributed by atoms with Gasteiger partial charge in [0, 0.05) is 23.6 Å². The summed E-state index contributed by atoms with van der Waals surface area (Å²) in [6.07, 6.45) is 0. The van der Waals surface area contributed by atoms with E-state index in [2.05, 4.69) is 24.8 Å². The van der Waals surface area contributed by atoms with E-state index in [9.17, 15) is 0 Å². The van der Waals surface area contributed by atoms with E-state index in [0.717, 1.165) is 13.1 Å². The summed E-state index contributed by atoms with van der Waals surface area (Å²) in [7, 11) is 0. The molecule has 11 heavy (non-hydrogen) atoms. The van der Waals surface area contributed by atoms with E-state index in [1.165, 1.54) is 0 Å².